The number of hydrogen-bond acceptors (Lipinski definition) is 4. The molecule has 0 radical (unpaired) electrons. The Morgan fingerprint density at radius 1 is 1.15 bits per heavy atom. The molecule has 2 N–H and O–H groups in total. The van der Waals surface area contributed by atoms with Crippen molar-refractivity contribution in [1.82, 2.24) is 0 Å². The summed E-state index contributed by atoms with van der Waals surface area (Å²) >= 11 is 5.80. The Morgan fingerprint density at radius 2 is 1.74 bits per heavy atom. The van der Waals surface area contributed by atoms with Crippen LogP contribution in [0.1, 0.15) is 53.0 Å². The standard InChI is InChI=1S/C18H20ClNO3.2C2H6/c1-5-13(7-9-15(19)6-2)18(21)23-17-11-14(12(3)4)8-10-16(17)20-22;2*1-2/h5-12,20,22H,1-2H2,3-4H3;2*1-2H3/b13-7+,15-9+;;. The minimum absolute atomic E-state index is 0.226. The summed E-state index contributed by atoms with van der Waals surface area (Å²) in [5.74, 6) is -0.124. The summed E-state index contributed by atoms with van der Waals surface area (Å²) in [7, 11) is 0. The number of hydrogen-bond donors (Lipinski definition) is 2. The molecule has 4 nitrogen and oxygen atoms in total. The van der Waals surface area contributed by atoms with Gasteiger partial charge in [-0.3, -0.25) is 10.7 Å². The van der Waals surface area contributed by atoms with Gasteiger partial charge in [0, 0.05) is 5.03 Å². The van der Waals surface area contributed by atoms with Crippen molar-refractivity contribution in [3.05, 3.63) is 71.8 Å². The maximum Gasteiger partial charge on any atom is 0.343 e. The monoisotopic (exact) mass is 393 g/mol. The number of carbonyl (C=O) groups is 1. The van der Waals surface area contributed by atoms with E-state index >= 15 is 0 Å². The predicted molar refractivity (Wildman–Crippen MR) is 117 cm³/mol. The maximum atomic E-state index is 12.2. The van der Waals surface area contributed by atoms with E-state index in [1.165, 1.54) is 24.3 Å². The van der Waals surface area contributed by atoms with Gasteiger partial charge in [0.2, 0.25) is 0 Å². The van der Waals surface area contributed by atoms with Gasteiger partial charge >= 0.3 is 5.97 Å². The first-order valence-corrected chi connectivity index (χ1v) is 9.39. The van der Waals surface area contributed by atoms with Crippen LogP contribution in [0, 0.1) is 0 Å². The van der Waals surface area contributed by atoms with Gasteiger partial charge in [-0.1, -0.05) is 84.5 Å². The first-order valence-electron chi connectivity index (χ1n) is 9.01. The van der Waals surface area contributed by atoms with Crippen molar-refractivity contribution in [1.29, 1.82) is 0 Å². The molecule has 27 heavy (non-hydrogen) atoms. The molecule has 1 aromatic rings. The minimum atomic E-state index is -0.609. The van der Waals surface area contributed by atoms with Gasteiger partial charge in [-0.15, -0.1) is 0 Å². The first-order chi connectivity index (χ1) is 12.9. The second-order valence-corrected chi connectivity index (χ2v) is 5.43. The molecule has 0 fully saturated rings. The average molecular weight is 394 g/mol. The van der Waals surface area contributed by atoms with Crippen LogP contribution in [-0.4, -0.2) is 11.2 Å². The average Bonchev–Trinajstić information content (AvgIpc) is 2.71. The van der Waals surface area contributed by atoms with Gasteiger partial charge in [0.25, 0.3) is 0 Å². The smallest absolute Gasteiger partial charge is 0.343 e. The fraction of sp³-hybridized carbons (Fsp3) is 0.318. The number of nitrogens with one attached hydrogen (secondary N) is 1. The van der Waals surface area contributed by atoms with Gasteiger partial charge in [-0.05, 0) is 35.8 Å². The molecule has 0 aliphatic heterocycles. The summed E-state index contributed by atoms with van der Waals surface area (Å²) in [5.41, 5.74) is 3.51. The third kappa shape index (κ3) is 9.83. The summed E-state index contributed by atoms with van der Waals surface area (Å²) < 4.78 is 5.35. The summed E-state index contributed by atoms with van der Waals surface area (Å²) in [5, 5.41) is 9.54. The minimum Gasteiger partial charge on any atom is -0.421 e. The number of halogens is 1. The van der Waals surface area contributed by atoms with Crippen LogP contribution in [0.5, 0.6) is 5.75 Å². The van der Waals surface area contributed by atoms with E-state index in [2.05, 4.69) is 13.2 Å². The number of esters is 1. The van der Waals surface area contributed by atoms with Gasteiger partial charge < -0.3 is 4.74 Å². The lowest BCUT2D eigenvalue weighted by Crippen LogP contribution is -2.11. The van der Waals surface area contributed by atoms with E-state index < -0.39 is 5.97 Å². The molecule has 0 aliphatic rings. The van der Waals surface area contributed by atoms with Gasteiger partial charge in [-0.2, -0.15) is 0 Å². The summed E-state index contributed by atoms with van der Waals surface area (Å²) in [6.45, 7) is 19.1. The Labute approximate surface area is 168 Å². The molecule has 0 atom stereocenters. The molecular weight excluding hydrogens is 362 g/mol. The third-order valence-corrected chi connectivity index (χ3v) is 3.35. The Balaban J connectivity index is 0. The van der Waals surface area contributed by atoms with E-state index in [1.807, 2.05) is 53.1 Å². The normalized spacial score (nSPS) is 10.7. The zero-order valence-electron chi connectivity index (χ0n) is 17.2. The number of benzene rings is 1. The Hall–Kier alpha value is -2.30. The van der Waals surface area contributed by atoms with E-state index in [0.717, 1.165) is 5.56 Å². The maximum absolute atomic E-state index is 12.2. The Kier molecular flexibility index (Phi) is 15.9. The van der Waals surface area contributed by atoms with Crippen LogP contribution in [0.25, 0.3) is 0 Å². The molecule has 0 aromatic heterocycles. The number of rotatable bonds is 7. The SMILES string of the molecule is C=C/C(Cl)=C\C=C(/C=C)C(=O)Oc1cc(C(C)C)ccc1NO.CC.CC. The Bertz CT molecular complexity index is 662. The van der Waals surface area contributed by atoms with E-state index in [0.29, 0.717) is 10.7 Å². The van der Waals surface area contributed by atoms with Crippen LogP contribution >= 0.6 is 11.6 Å². The fourth-order valence-electron chi connectivity index (χ4n) is 1.69. The van der Waals surface area contributed by atoms with Crippen LogP contribution in [0.3, 0.4) is 0 Å². The molecule has 0 heterocycles. The van der Waals surface area contributed by atoms with Crippen molar-refractivity contribution in [3.8, 4) is 5.75 Å². The molecule has 0 bridgehead atoms. The molecule has 0 saturated carbocycles. The highest BCUT2D eigenvalue weighted by Gasteiger charge is 2.13. The molecule has 0 unspecified atom stereocenters. The molecule has 1 rings (SSSR count). The third-order valence-electron chi connectivity index (χ3n) is 3.07. The number of allylic oxidation sites excluding steroid dienone is 4. The van der Waals surface area contributed by atoms with Crippen LogP contribution in [0.4, 0.5) is 5.69 Å². The highest BCUT2D eigenvalue weighted by atomic mass is 35.5. The Morgan fingerprint density at radius 3 is 2.19 bits per heavy atom. The van der Waals surface area contributed by atoms with E-state index in [-0.39, 0.29) is 17.2 Å². The number of ether oxygens (including phenoxy) is 1. The van der Waals surface area contributed by atoms with E-state index in [9.17, 15) is 4.79 Å². The van der Waals surface area contributed by atoms with Crippen LogP contribution in [-0.2, 0) is 4.79 Å². The van der Waals surface area contributed by atoms with Crippen LogP contribution < -0.4 is 10.2 Å². The zero-order valence-corrected chi connectivity index (χ0v) is 17.9. The van der Waals surface area contributed by atoms with Crippen molar-refractivity contribution < 1.29 is 14.7 Å². The zero-order chi connectivity index (χ0) is 21.4. The molecule has 1 aromatic carbocycles. The quantitative estimate of drug-likeness (QED) is 0.172. The fourth-order valence-corrected chi connectivity index (χ4v) is 1.75. The molecule has 150 valence electrons. The number of anilines is 1. The van der Waals surface area contributed by atoms with Crippen molar-refractivity contribution in [3.63, 3.8) is 0 Å². The molecule has 0 saturated heterocycles. The van der Waals surface area contributed by atoms with Crippen LogP contribution in [0.15, 0.2) is 66.3 Å². The number of carbonyl (C=O) groups excluding carboxylic acids is 1. The van der Waals surface area contributed by atoms with Gasteiger partial charge in [0.15, 0.2) is 5.75 Å². The molecular formula is C22H32ClNO3. The van der Waals surface area contributed by atoms with Crippen molar-refractivity contribution >= 4 is 23.3 Å². The lowest BCUT2D eigenvalue weighted by Gasteiger charge is -2.13. The van der Waals surface area contributed by atoms with Gasteiger partial charge in [-0.25, -0.2) is 4.79 Å². The molecule has 5 heteroatoms. The highest BCUT2D eigenvalue weighted by molar-refractivity contribution is 6.31. The van der Waals surface area contributed by atoms with Crippen molar-refractivity contribution in [2.75, 3.05) is 5.48 Å². The van der Waals surface area contributed by atoms with E-state index in [4.69, 9.17) is 21.5 Å². The van der Waals surface area contributed by atoms with Crippen molar-refractivity contribution in [2.24, 2.45) is 0 Å². The second-order valence-electron chi connectivity index (χ2n) is 4.99. The lowest BCUT2D eigenvalue weighted by molar-refractivity contribution is -0.129. The van der Waals surface area contributed by atoms with Crippen molar-refractivity contribution in [2.45, 2.75) is 47.5 Å². The van der Waals surface area contributed by atoms with Gasteiger partial charge in [0.05, 0.1) is 5.57 Å². The topological polar surface area (TPSA) is 58.6 Å². The molecule has 0 spiro atoms. The first kappa shape index (κ1) is 26.9. The highest BCUT2D eigenvalue weighted by Crippen LogP contribution is 2.29. The van der Waals surface area contributed by atoms with E-state index in [1.54, 1.807) is 12.1 Å². The predicted octanol–water partition coefficient (Wildman–Crippen LogP) is 6.99. The largest absolute Gasteiger partial charge is 0.421 e. The summed E-state index contributed by atoms with van der Waals surface area (Å²) in [6.07, 6.45) is 5.81. The van der Waals surface area contributed by atoms with Crippen LogP contribution in [0.2, 0.25) is 0 Å². The summed E-state index contributed by atoms with van der Waals surface area (Å²) in [4.78, 5) is 12.2. The summed E-state index contributed by atoms with van der Waals surface area (Å²) in [6, 6.07) is 5.19. The molecule has 0 aliphatic carbocycles. The molecule has 0 amide bonds. The second kappa shape index (κ2) is 15.9. The lowest BCUT2D eigenvalue weighted by atomic mass is 10.0. The van der Waals surface area contributed by atoms with Gasteiger partial charge in [0.1, 0.15) is 5.69 Å².